The van der Waals surface area contributed by atoms with E-state index in [0.29, 0.717) is 18.4 Å². The molecule has 1 aliphatic carbocycles. The van der Waals surface area contributed by atoms with Crippen molar-refractivity contribution >= 4 is 23.0 Å². The number of nitrogens with zero attached hydrogens (tertiary/aromatic N) is 2. The molecule has 2 heterocycles. The van der Waals surface area contributed by atoms with Crippen LogP contribution >= 0.6 is 0 Å². The Morgan fingerprint density at radius 1 is 1.14 bits per heavy atom. The zero-order valence-electron chi connectivity index (χ0n) is 24.1. The predicted molar refractivity (Wildman–Crippen MR) is 151 cm³/mol. The summed E-state index contributed by atoms with van der Waals surface area (Å²) in [4.78, 5) is 40.5. The molecule has 1 saturated heterocycles. The second-order valence-electron chi connectivity index (χ2n) is 12.1. The molecular formula is C31H34F2N2O8. The summed E-state index contributed by atoms with van der Waals surface area (Å²) < 4.78 is 48.4. The highest BCUT2D eigenvalue weighted by atomic mass is 19.2. The van der Waals surface area contributed by atoms with Gasteiger partial charge in [-0.1, -0.05) is 30.3 Å². The molecule has 1 saturated carbocycles. The average Bonchev–Trinajstić information content (AvgIpc) is 3.74. The zero-order valence-corrected chi connectivity index (χ0v) is 24.1. The van der Waals surface area contributed by atoms with Crippen LogP contribution in [0.15, 0.2) is 47.4 Å². The van der Waals surface area contributed by atoms with E-state index in [4.69, 9.17) is 14.2 Å². The number of likely N-dealkylation sites (tertiary alicyclic amines) is 1. The van der Waals surface area contributed by atoms with E-state index in [0.717, 1.165) is 6.07 Å². The van der Waals surface area contributed by atoms with Crippen molar-refractivity contribution in [2.24, 2.45) is 0 Å². The Labute approximate surface area is 246 Å². The van der Waals surface area contributed by atoms with Crippen LogP contribution in [-0.2, 0) is 16.1 Å². The van der Waals surface area contributed by atoms with Crippen LogP contribution in [0.2, 0.25) is 0 Å². The third-order valence-corrected chi connectivity index (χ3v) is 7.40. The minimum absolute atomic E-state index is 0.0368. The van der Waals surface area contributed by atoms with Crippen molar-refractivity contribution in [1.29, 1.82) is 0 Å². The van der Waals surface area contributed by atoms with Gasteiger partial charge in [0.25, 0.3) is 0 Å². The summed E-state index contributed by atoms with van der Waals surface area (Å²) in [5.41, 5.74) is -3.01. The van der Waals surface area contributed by atoms with Gasteiger partial charge in [0.15, 0.2) is 11.6 Å². The molecule has 1 aliphatic heterocycles. The number of fused-ring (bicyclic) bond motifs is 1. The molecule has 2 fully saturated rings. The van der Waals surface area contributed by atoms with E-state index in [1.54, 1.807) is 45.0 Å². The molecule has 0 spiro atoms. The lowest BCUT2D eigenvalue weighted by molar-refractivity contribution is -0.0124. The number of aliphatic hydroxyl groups is 2. The van der Waals surface area contributed by atoms with E-state index in [-0.39, 0.29) is 42.1 Å². The number of aromatic nitrogens is 1. The van der Waals surface area contributed by atoms with Gasteiger partial charge < -0.3 is 29.0 Å². The fourth-order valence-corrected chi connectivity index (χ4v) is 5.19. The Kier molecular flexibility index (Phi) is 8.19. The van der Waals surface area contributed by atoms with Gasteiger partial charge in [0.2, 0.25) is 11.2 Å². The second-order valence-corrected chi connectivity index (χ2v) is 12.1. The topological polar surface area (TPSA) is 128 Å². The highest BCUT2D eigenvalue weighted by molar-refractivity contribution is 5.95. The Balaban J connectivity index is 1.49. The lowest BCUT2D eigenvalue weighted by Crippen LogP contribution is -2.43. The van der Waals surface area contributed by atoms with Crippen molar-refractivity contribution in [3.8, 4) is 5.75 Å². The first-order valence-corrected chi connectivity index (χ1v) is 14.0. The normalized spacial score (nSPS) is 20.3. The average molecular weight is 601 g/mol. The number of esters is 1. The minimum Gasteiger partial charge on any atom is -0.486 e. The van der Waals surface area contributed by atoms with E-state index >= 15 is 4.39 Å². The summed E-state index contributed by atoms with van der Waals surface area (Å²) >= 11 is 0. The molecule has 0 radical (unpaired) electrons. The smallest absolute Gasteiger partial charge is 0.410 e. The lowest BCUT2D eigenvalue weighted by atomic mass is 10.0. The third kappa shape index (κ3) is 6.50. The van der Waals surface area contributed by atoms with Gasteiger partial charge in [0, 0.05) is 18.7 Å². The molecule has 0 unspecified atom stereocenters. The molecule has 12 heteroatoms. The molecule has 230 valence electrons. The van der Waals surface area contributed by atoms with Gasteiger partial charge in [0.05, 0.1) is 30.1 Å². The number of β-amino-alcohol motifs (C(OH)–C–C–N with tert-alkyl or cyclic N) is 1. The Morgan fingerprint density at radius 2 is 1.84 bits per heavy atom. The van der Waals surface area contributed by atoms with Gasteiger partial charge in [-0.15, -0.1) is 0 Å². The molecular weight excluding hydrogens is 566 g/mol. The van der Waals surface area contributed by atoms with Crippen molar-refractivity contribution in [2.75, 3.05) is 19.8 Å². The number of benzene rings is 2. The number of halogens is 2. The Bertz CT molecular complexity index is 1600. The van der Waals surface area contributed by atoms with Crippen molar-refractivity contribution in [1.82, 2.24) is 9.47 Å². The molecule has 10 nitrogen and oxygen atoms in total. The van der Waals surface area contributed by atoms with Gasteiger partial charge in [-0.05, 0) is 45.2 Å². The van der Waals surface area contributed by atoms with Crippen LogP contribution in [-0.4, -0.2) is 68.7 Å². The van der Waals surface area contributed by atoms with Crippen molar-refractivity contribution in [2.45, 2.75) is 69.9 Å². The maximum atomic E-state index is 15.4. The number of carbonyl (C=O) groups is 2. The van der Waals surface area contributed by atoms with Crippen molar-refractivity contribution in [3.63, 3.8) is 0 Å². The first-order chi connectivity index (χ1) is 20.3. The summed E-state index contributed by atoms with van der Waals surface area (Å²) in [5, 5.41) is 20.2. The van der Waals surface area contributed by atoms with E-state index in [9.17, 15) is 29.0 Å². The summed E-state index contributed by atoms with van der Waals surface area (Å²) in [6.07, 6.45) is 1.74. The summed E-state index contributed by atoms with van der Waals surface area (Å²) in [6.45, 7) is 3.61. The predicted octanol–water partition coefficient (Wildman–Crippen LogP) is 4.08. The molecule has 1 amide bonds. The number of ether oxygens (including phenoxy) is 3. The van der Waals surface area contributed by atoms with Crippen LogP contribution < -0.4 is 10.2 Å². The molecule has 3 aromatic rings. The molecule has 43 heavy (non-hydrogen) atoms. The quantitative estimate of drug-likeness (QED) is 0.371. The van der Waals surface area contributed by atoms with Gasteiger partial charge >= 0.3 is 12.1 Å². The highest BCUT2D eigenvalue weighted by Gasteiger charge is 2.46. The molecule has 2 N–H and O–H groups in total. The van der Waals surface area contributed by atoms with Crippen LogP contribution in [0.5, 0.6) is 5.75 Å². The number of aliphatic hydroxyl groups excluding tert-OH is 1. The standard InChI is InChI=1S/C31H34F2N2O8/c1-30(2,3)43-29(39)35-16-31(40,17-36)12-20(35)15-41-27-24(33)23(32)11-21-25(27)34(19-9-10-19)13-22(26(21)37)28(38)42-14-18-7-5-4-6-8-18/h4-8,11,13,19-20,36,40H,9-10,12,14-17H2,1-3H3/t20-,31-/m0/s1. The van der Waals surface area contributed by atoms with Crippen LogP contribution in [0.4, 0.5) is 13.6 Å². The highest BCUT2D eigenvalue weighted by Crippen LogP contribution is 2.41. The van der Waals surface area contributed by atoms with E-state index < -0.39 is 65.3 Å². The Morgan fingerprint density at radius 3 is 2.47 bits per heavy atom. The Hall–Kier alpha value is -4.03. The zero-order chi connectivity index (χ0) is 31.1. The van der Waals surface area contributed by atoms with E-state index in [1.807, 2.05) is 6.07 Å². The van der Waals surface area contributed by atoms with Gasteiger partial charge in [-0.3, -0.25) is 9.69 Å². The molecule has 2 atom stereocenters. The maximum Gasteiger partial charge on any atom is 0.410 e. The monoisotopic (exact) mass is 600 g/mol. The van der Waals surface area contributed by atoms with Crippen LogP contribution in [0.1, 0.15) is 62.0 Å². The van der Waals surface area contributed by atoms with Gasteiger partial charge in [-0.2, -0.15) is 4.39 Å². The van der Waals surface area contributed by atoms with Crippen molar-refractivity contribution in [3.05, 3.63) is 75.6 Å². The number of rotatable bonds is 8. The number of amides is 1. The second kappa shape index (κ2) is 11.6. The van der Waals surface area contributed by atoms with Crippen LogP contribution in [0, 0.1) is 11.6 Å². The fraction of sp³-hybridized carbons (Fsp3) is 0.452. The maximum absolute atomic E-state index is 15.4. The van der Waals surface area contributed by atoms with Crippen LogP contribution in [0.25, 0.3) is 10.9 Å². The first-order valence-electron chi connectivity index (χ1n) is 14.0. The fourth-order valence-electron chi connectivity index (χ4n) is 5.19. The van der Waals surface area contributed by atoms with Gasteiger partial charge in [-0.25, -0.2) is 14.0 Å². The number of pyridine rings is 1. The van der Waals surface area contributed by atoms with Gasteiger partial charge in [0.1, 0.15) is 30.0 Å². The third-order valence-electron chi connectivity index (χ3n) is 7.40. The summed E-state index contributed by atoms with van der Waals surface area (Å²) in [5.74, 6) is -4.18. The molecule has 0 bridgehead atoms. The lowest BCUT2D eigenvalue weighted by Gasteiger charge is -2.28. The number of hydrogen-bond donors (Lipinski definition) is 2. The number of carbonyl (C=O) groups excluding carboxylic acids is 2. The summed E-state index contributed by atoms with van der Waals surface area (Å²) in [7, 11) is 0. The van der Waals surface area contributed by atoms with Crippen molar-refractivity contribution < 1.29 is 42.8 Å². The minimum atomic E-state index is -1.65. The number of hydrogen-bond acceptors (Lipinski definition) is 8. The molecule has 1 aromatic heterocycles. The summed E-state index contributed by atoms with van der Waals surface area (Å²) in [6, 6.07) is 8.55. The molecule has 5 rings (SSSR count). The molecule has 2 aliphatic rings. The largest absolute Gasteiger partial charge is 0.486 e. The first kappa shape index (κ1) is 30.4. The SMILES string of the molecule is CC(C)(C)OC(=O)N1C[C@](O)(CO)C[C@H]1COc1c(F)c(F)cc2c(=O)c(C(=O)OCc3ccccc3)cn(C3CC3)c12. The van der Waals surface area contributed by atoms with E-state index in [2.05, 4.69) is 0 Å². The van der Waals surface area contributed by atoms with E-state index in [1.165, 1.54) is 15.7 Å². The molecule has 2 aromatic carbocycles. The van der Waals surface area contributed by atoms with Crippen LogP contribution in [0.3, 0.4) is 0 Å².